The van der Waals surface area contributed by atoms with Crippen molar-refractivity contribution in [3.8, 4) is 11.4 Å². The average molecular weight is 526 g/mol. The highest BCUT2D eigenvalue weighted by atomic mass is 32.2. The molecule has 0 saturated carbocycles. The van der Waals surface area contributed by atoms with Crippen LogP contribution in [0.15, 0.2) is 59.9 Å². The number of carbonyl (C=O) groups excluding carboxylic acids is 1. The standard InChI is InChI=1S/C23H19F5N4O3S/c24-15-2-4-17(5-3-15)36(34,35)32-13-16(25)10-20(32)21(33)6-1-14-7-8-29-18(9-14)19-11-31-22(12-30-19)23(26,27)28/h2-5,7-9,11-12,16,20H,1,6,10,13H2/t16-,20+/m1/s1. The third-order valence-electron chi connectivity index (χ3n) is 5.69. The van der Waals surface area contributed by atoms with Gasteiger partial charge in [0.05, 0.1) is 29.0 Å². The van der Waals surface area contributed by atoms with Crippen LogP contribution in [-0.2, 0) is 27.4 Å². The van der Waals surface area contributed by atoms with E-state index in [0.717, 1.165) is 34.8 Å². The zero-order valence-electron chi connectivity index (χ0n) is 18.5. The van der Waals surface area contributed by atoms with Crippen molar-refractivity contribution >= 4 is 15.8 Å². The first-order chi connectivity index (χ1) is 16.9. The zero-order valence-corrected chi connectivity index (χ0v) is 19.3. The van der Waals surface area contributed by atoms with Crippen molar-refractivity contribution in [1.29, 1.82) is 0 Å². The maximum Gasteiger partial charge on any atom is 0.434 e. The Balaban J connectivity index is 1.46. The number of carbonyl (C=O) groups is 1. The number of alkyl halides is 4. The Hall–Kier alpha value is -3.32. The van der Waals surface area contributed by atoms with E-state index >= 15 is 0 Å². The Bertz CT molecular complexity index is 1350. The summed E-state index contributed by atoms with van der Waals surface area (Å²) >= 11 is 0. The maximum atomic E-state index is 14.2. The van der Waals surface area contributed by atoms with Gasteiger partial charge in [0, 0.05) is 25.6 Å². The number of rotatable bonds is 7. The van der Waals surface area contributed by atoms with Gasteiger partial charge in [0.1, 0.15) is 17.7 Å². The molecule has 1 aliphatic rings. The number of halogens is 5. The summed E-state index contributed by atoms with van der Waals surface area (Å²) in [5.41, 5.74) is -0.205. The van der Waals surface area contributed by atoms with Crippen LogP contribution in [-0.4, -0.2) is 52.2 Å². The SMILES string of the molecule is O=C(CCc1ccnc(-c2cnc(C(F)(F)F)cn2)c1)[C@@H]1C[C@@H](F)CN1S(=O)(=O)c1ccc(F)cc1. The van der Waals surface area contributed by atoms with E-state index in [4.69, 9.17) is 0 Å². The smallest absolute Gasteiger partial charge is 0.298 e. The molecule has 0 spiro atoms. The van der Waals surface area contributed by atoms with Crippen molar-refractivity contribution in [3.05, 3.63) is 72.1 Å². The number of Topliss-reactive ketones (excluding diaryl/α,β-unsaturated/α-hetero) is 1. The topological polar surface area (TPSA) is 93.1 Å². The van der Waals surface area contributed by atoms with E-state index in [0.29, 0.717) is 11.8 Å². The van der Waals surface area contributed by atoms with E-state index in [9.17, 15) is 35.2 Å². The highest BCUT2D eigenvalue weighted by Gasteiger charge is 2.43. The van der Waals surface area contributed by atoms with Crippen molar-refractivity contribution in [2.24, 2.45) is 0 Å². The molecule has 3 heterocycles. The van der Waals surface area contributed by atoms with Crippen LogP contribution < -0.4 is 0 Å². The van der Waals surface area contributed by atoms with Gasteiger partial charge in [-0.3, -0.25) is 14.8 Å². The van der Waals surface area contributed by atoms with Crippen LogP contribution in [0.4, 0.5) is 22.0 Å². The van der Waals surface area contributed by atoms with Gasteiger partial charge in [0.15, 0.2) is 11.5 Å². The number of aryl methyl sites for hydroxylation is 1. The molecule has 13 heteroatoms. The van der Waals surface area contributed by atoms with E-state index in [1.54, 1.807) is 6.07 Å². The predicted octanol–water partition coefficient (Wildman–Crippen LogP) is 4.00. The number of benzene rings is 1. The Morgan fingerprint density at radius 1 is 1.03 bits per heavy atom. The minimum atomic E-state index is -4.63. The van der Waals surface area contributed by atoms with E-state index in [1.165, 1.54) is 12.3 Å². The highest BCUT2D eigenvalue weighted by molar-refractivity contribution is 7.89. The van der Waals surface area contributed by atoms with Crippen LogP contribution in [0.25, 0.3) is 11.4 Å². The summed E-state index contributed by atoms with van der Waals surface area (Å²) in [6, 6.07) is 5.96. The van der Waals surface area contributed by atoms with Gasteiger partial charge in [-0.25, -0.2) is 22.2 Å². The fraction of sp³-hybridized carbons (Fsp3) is 0.304. The van der Waals surface area contributed by atoms with Gasteiger partial charge in [-0.1, -0.05) is 0 Å². The number of aromatic nitrogens is 3. The largest absolute Gasteiger partial charge is 0.434 e. The van der Waals surface area contributed by atoms with Crippen molar-refractivity contribution in [1.82, 2.24) is 19.3 Å². The predicted molar refractivity (Wildman–Crippen MR) is 117 cm³/mol. The third-order valence-corrected chi connectivity index (χ3v) is 7.57. The van der Waals surface area contributed by atoms with E-state index in [1.807, 2.05) is 0 Å². The lowest BCUT2D eigenvalue weighted by Gasteiger charge is -2.22. The quantitative estimate of drug-likeness (QED) is 0.432. The number of hydrogen-bond donors (Lipinski definition) is 0. The molecular formula is C23H19F5N4O3S. The van der Waals surface area contributed by atoms with Crippen LogP contribution in [0, 0.1) is 5.82 Å². The van der Waals surface area contributed by atoms with E-state index in [-0.39, 0.29) is 35.5 Å². The van der Waals surface area contributed by atoms with Crippen molar-refractivity contribution in [2.75, 3.05) is 6.54 Å². The Kier molecular flexibility index (Phi) is 7.14. The van der Waals surface area contributed by atoms with Gasteiger partial charge in [-0.15, -0.1) is 0 Å². The molecule has 190 valence electrons. The molecule has 1 saturated heterocycles. The number of hydrogen-bond acceptors (Lipinski definition) is 6. The van der Waals surface area contributed by atoms with Crippen molar-refractivity contribution in [3.63, 3.8) is 0 Å². The molecule has 7 nitrogen and oxygen atoms in total. The minimum Gasteiger partial charge on any atom is -0.298 e. The summed E-state index contributed by atoms with van der Waals surface area (Å²) in [7, 11) is -4.22. The highest BCUT2D eigenvalue weighted by Crippen LogP contribution is 2.30. The van der Waals surface area contributed by atoms with Crippen LogP contribution in [0.3, 0.4) is 0 Å². The molecule has 3 aromatic rings. The molecule has 1 fully saturated rings. The van der Waals surface area contributed by atoms with Crippen LogP contribution in [0.5, 0.6) is 0 Å². The second-order valence-corrected chi connectivity index (χ2v) is 10.1. The molecule has 0 aliphatic carbocycles. The monoisotopic (exact) mass is 526 g/mol. The first-order valence-electron chi connectivity index (χ1n) is 10.7. The maximum absolute atomic E-state index is 14.2. The van der Waals surface area contributed by atoms with Gasteiger partial charge >= 0.3 is 6.18 Å². The van der Waals surface area contributed by atoms with Crippen molar-refractivity contribution in [2.45, 2.75) is 42.5 Å². The summed E-state index contributed by atoms with van der Waals surface area (Å²) in [6.07, 6.45) is -3.47. The number of pyridine rings is 1. The fourth-order valence-corrected chi connectivity index (χ4v) is 5.51. The van der Waals surface area contributed by atoms with Gasteiger partial charge in [0.2, 0.25) is 10.0 Å². The van der Waals surface area contributed by atoms with Crippen LogP contribution >= 0.6 is 0 Å². The lowest BCUT2D eigenvalue weighted by atomic mass is 10.0. The average Bonchev–Trinajstić information content (AvgIpc) is 3.25. The first-order valence-corrected chi connectivity index (χ1v) is 12.2. The summed E-state index contributed by atoms with van der Waals surface area (Å²) in [6.45, 7) is -0.484. The van der Waals surface area contributed by atoms with Gasteiger partial charge < -0.3 is 0 Å². The van der Waals surface area contributed by atoms with Crippen LogP contribution in [0.2, 0.25) is 0 Å². The molecule has 1 aliphatic heterocycles. The Labute approximate surface area is 203 Å². The number of ketones is 1. The zero-order chi connectivity index (χ0) is 26.1. The van der Waals surface area contributed by atoms with E-state index in [2.05, 4.69) is 15.0 Å². The number of sulfonamides is 1. The van der Waals surface area contributed by atoms with Gasteiger partial charge in [-0.2, -0.15) is 17.5 Å². The van der Waals surface area contributed by atoms with Crippen molar-refractivity contribution < 1.29 is 35.2 Å². The molecule has 2 aromatic heterocycles. The molecule has 2 atom stereocenters. The molecule has 0 radical (unpaired) electrons. The molecule has 0 amide bonds. The molecule has 0 unspecified atom stereocenters. The second kappa shape index (κ2) is 9.97. The number of nitrogens with zero attached hydrogens (tertiary/aromatic N) is 4. The molecule has 1 aromatic carbocycles. The summed E-state index contributed by atoms with van der Waals surface area (Å²) < 4.78 is 92.2. The lowest BCUT2D eigenvalue weighted by molar-refractivity contribution is -0.141. The summed E-state index contributed by atoms with van der Waals surface area (Å²) in [5, 5.41) is 0. The molecule has 0 N–H and O–H groups in total. The summed E-state index contributed by atoms with van der Waals surface area (Å²) in [4.78, 5) is 23.8. The van der Waals surface area contributed by atoms with Gasteiger partial charge in [0.25, 0.3) is 0 Å². The summed E-state index contributed by atoms with van der Waals surface area (Å²) in [5.74, 6) is -1.13. The molecule has 4 rings (SSSR count). The normalized spacial score (nSPS) is 18.9. The molecular weight excluding hydrogens is 507 g/mol. The fourth-order valence-electron chi connectivity index (χ4n) is 3.87. The lowest BCUT2D eigenvalue weighted by Crippen LogP contribution is -2.40. The van der Waals surface area contributed by atoms with E-state index < -0.39 is 52.3 Å². The Morgan fingerprint density at radius 3 is 2.39 bits per heavy atom. The first kappa shape index (κ1) is 25.8. The second-order valence-electron chi connectivity index (χ2n) is 8.18. The molecule has 36 heavy (non-hydrogen) atoms. The Morgan fingerprint density at radius 2 is 1.75 bits per heavy atom. The third kappa shape index (κ3) is 5.57. The molecule has 0 bridgehead atoms. The van der Waals surface area contributed by atoms with Crippen LogP contribution in [0.1, 0.15) is 24.1 Å². The minimum absolute atomic E-state index is 0.101. The van der Waals surface area contributed by atoms with Gasteiger partial charge in [-0.05, 0) is 48.4 Å².